The second-order valence-electron chi connectivity index (χ2n) is 3.22. The summed E-state index contributed by atoms with van der Waals surface area (Å²) >= 11 is 17.7. The van der Waals surface area contributed by atoms with E-state index in [9.17, 15) is 4.79 Å². The van der Waals surface area contributed by atoms with Crippen molar-refractivity contribution in [2.45, 2.75) is 0 Å². The SMILES string of the molecule is O=c1cc(-c2cc(Cl)cc(Cl)c2)c(Cl)c[nH]1. The maximum Gasteiger partial charge on any atom is 0.248 e. The molecule has 1 heterocycles. The molecule has 0 saturated heterocycles. The average molecular weight is 275 g/mol. The molecule has 0 aliphatic heterocycles. The quantitative estimate of drug-likeness (QED) is 0.837. The van der Waals surface area contributed by atoms with Crippen LogP contribution in [0.5, 0.6) is 0 Å². The fraction of sp³-hybridized carbons (Fsp3) is 0. The lowest BCUT2D eigenvalue weighted by molar-refractivity contribution is 1.24. The highest BCUT2D eigenvalue weighted by Crippen LogP contribution is 2.30. The van der Waals surface area contributed by atoms with Crippen LogP contribution in [0.25, 0.3) is 11.1 Å². The van der Waals surface area contributed by atoms with Crippen molar-refractivity contribution < 1.29 is 0 Å². The number of benzene rings is 1. The van der Waals surface area contributed by atoms with E-state index in [1.807, 2.05) is 0 Å². The number of rotatable bonds is 1. The Kier molecular flexibility index (Phi) is 3.24. The molecular formula is C11H6Cl3NO. The Hall–Kier alpha value is -0.960. The van der Waals surface area contributed by atoms with E-state index in [0.29, 0.717) is 26.2 Å². The molecule has 82 valence electrons. The van der Waals surface area contributed by atoms with Gasteiger partial charge in [0.1, 0.15) is 0 Å². The van der Waals surface area contributed by atoms with Gasteiger partial charge in [-0.05, 0) is 23.8 Å². The molecule has 1 aromatic carbocycles. The topological polar surface area (TPSA) is 32.9 Å². The molecule has 5 heteroatoms. The van der Waals surface area contributed by atoms with Gasteiger partial charge < -0.3 is 4.98 Å². The van der Waals surface area contributed by atoms with Crippen molar-refractivity contribution in [1.82, 2.24) is 4.98 Å². The van der Waals surface area contributed by atoms with Crippen molar-refractivity contribution in [3.8, 4) is 11.1 Å². The van der Waals surface area contributed by atoms with E-state index in [-0.39, 0.29) is 5.56 Å². The zero-order valence-electron chi connectivity index (χ0n) is 7.93. The minimum Gasteiger partial charge on any atom is -0.328 e. The zero-order chi connectivity index (χ0) is 11.7. The summed E-state index contributed by atoms with van der Waals surface area (Å²) in [7, 11) is 0. The van der Waals surface area contributed by atoms with Crippen molar-refractivity contribution in [3.05, 3.63) is 55.9 Å². The molecule has 0 radical (unpaired) electrons. The number of halogens is 3. The summed E-state index contributed by atoms with van der Waals surface area (Å²) in [6.07, 6.45) is 1.44. The predicted molar refractivity (Wildman–Crippen MR) is 67.5 cm³/mol. The highest BCUT2D eigenvalue weighted by atomic mass is 35.5. The molecule has 0 atom stereocenters. The lowest BCUT2D eigenvalue weighted by Crippen LogP contribution is -2.03. The Bertz CT molecular complexity index is 572. The summed E-state index contributed by atoms with van der Waals surface area (Å²) < 4.78 is 0. The monoisotopic (exact) mass is 273 g/mol. The molecule has 0 spiro atoms. The maximum atomic E-state index is 11.2. The first kappa shape index (κ1) is 11.5. The van der Waals surface area contributed by atoms with Gasteiger partial charge in [0, 0.05) is 27.9 Å². The third kappa shape index (κ3) is 2.40. The first-order chi connectivity index (χ1) is 7.56. The molecule has 16 heavy (non-hydrogen) atoms. The zero-order valence-corrected chi connectivity index (χ0v) is 10.2. The highest BCUT2D eigenvalue weighted by molar-refractivity contribution is 6.36. The third-order valence-electron chi connectivity index (χ3n) is 2.05. The molecule has 2 rings (SSSR count). The second kappa shape index (κ2) is 4.50. The fourth-order valence-corrected chi connectivity index (χ4v) is 2.13. The number of hydrogen-bond acceptors (Lipinski definition) is 1. The Morgan fingerprint density at radius 3 is 2.19 bits per heavy atom. The number of aromatic amines is 1. The van der Waals surface area contributed by atoms with Crippen molar-refractivity contribution in [3.63, 3.8) is 0 Å². The van der Waals surface area contributed by atoms with Gasteiger partial charge in [0.05, 0.1) is 5.02 Å². The molecule has 0 unspecified atom stereocenters. The summed E-state index contributed by atoms with van der Waals surface area (Å²) in [5.41, 5.74) is 1.10. The smallest absolute Gasteiger partial charge is 0.248 e. The predicted octanol–water partition coefficient (Wildman–Crippen LogP) is 4.00. The van der Waals surface area contributed by atoms with Gasteiger partial charge in [-0.25, -0.2) is 0 Å². The minimum absolute atomic E-state index is 0.226. The van der Waals surface area contributed by atoms with Crippen LogP contribution in [-0.4, -0.2) is 4.98 Å². The first-order valence-corrected chi connectivity index (χ1v) is 5.54. The van der Waals surface area contributed by atoms with Crippen molar-refractivity contribution in [1.29, 1.82) is 0 Å². The van der Waals surface area contributed by atoms with Crippen LogP contribution in [-0.2, 0) is 0 Å². The molecule has 2 nitrogen and oxygen atoms in total. The van der Waals surface area contributed by atoms with Crippen LogP contribution in [0.1, 0.15) is 0 Å². The van der Waals surface area contributed by atoms with Crippen molar-refractivity contribution in [2.75, 3.05) is 0 Å². The molecule has 2 aromatic rings. The number of aromatic nitrogens is 1. The Morgan fingerprint density at radius 2 is 1.56 bits per heavy atom. The van der Waals surface area contributed by atoms with Crippen LogP contribution >= 0.6 is 34.8 Å². The summed E-state index contributed by atoms with van der Waals surface area (Å²) in [6.45, 7) is 0. The number of H-pyrrole nitrogens is 1. The van der Waals surface area contributed by atoms with E-state index >= 15 is 0 Å². The minimum atomic E-state index is -0.226. The first-order valence-electron chi connectivity index (χ1n) is 4.41. The highest BCUT2D eigenvalue weighted by Gasteiger charge is 2.06. The van der Waals surface area contributed by atoms with Gasteiger partial charge in [0.2, 0.25) is 5.56 Å². The van der Waals surface area contributed by atoms with Crippen LogP contribution in [0, 0.1) is 0 Å². The number of hydrogen-bond donors (Lipinski definition) is 1. The van der Waals surface area contributed by atoms with E-state index in [4.69, 9.17) is 34.8 Å². The van der Waals surface area contributed by atoms with Crippen LogP contribution in [0.4, 0.5) is 0 Å². The van der Waals surface area contributed by atoms with Gasteiger partial charge in [0.25, 0.3) is 0 Å². The summed E-state index contributed by atoms with van der Waals surface area (Å²) in [4.78, 5) is 13.7. The fourth-order valence-electron chi connectivity index (χ4n) is 1.38. The number of pyridine rings is 1. The van der Waals surface area contributed by atoms with Gasteiger partial charge in [-0.1, -0.05) is 34.8 Å². The van der Waals surface area contributed by atoms with Crippen LogP contribution < -0.4 is 5.56 Å². The van der Waals surface area contributed by atoms with Crippen molar-refractivity contribution >= 4 is 34.8 Å². The molecule has 0 amide bonds. The third-order valence-corrected chi connectivity index (χ3v) is 2.80. The largest absolute Gasteiger partial charge is 0.328 e. The standard InChI is InChI=1S/C11H6Cl3NO/c12-7-1-6(2-8(13)3-7)9-4-11(16)15-5-10(9)14/h1-5H,(H,15,16). The Balaban J connectivity index is 2.66. The molecule has 0 fully saturated rings. The molecule has 0 aliphatic carbocycles. The van der Waals surface area contributed by atoms with E-state index in [0.717, 1.165) is 0 Å². The second-order valence-corrected chi connectivity index (χ2v) is 4.50. The maximum absolute atomic E-state index is 11.2. The van der Waals surface area contributed by atoms with Gasteiger partial charge in [-0.15, -0.1) is 0 Å². The van der Waals surface area contributed by atoms with Gasteiger partial charge in [-0.2, -0.15) is 0 Å². The average Bonchev–Trinajstić information content (AvgIpc) is 2.20. The summed E-state index contributed by atoms with van der Waals surface area (Å²) in [5.74, 6) is 0. The van der Waals surface area contributed by atoms with E-state index in [2.05, 4.69) is 4.98 Å². The Labute approximate surface area is 107 Å². The molecule has 0 aliphatic rings. The van der Waals surface area contributed by atoms with E-state index in [1.165, 1.54) is 12.3 Å². The van der Waals surface area contributed by atoms with Gasteiger partial charge in [0.15, 0.2) is 0 Å². The lowest BCUT2D eigenvalue weighted by Gasteiger charge is -2.04. The van der Waals surface area contributed by atoms with Crippen LogP contribution in [0.2, 0.25) is 15.1 Å². The Morgan fingerprint density at radius 1 is 0.938 bits per heavy atom. The number of nitrogens with one attached hydrogen (secondary N) is 1. The summed E-state index contributed by atoms with van der Waals surface area (Å²) in [6, 6.07) is 6.43. The van der Waals surface area contributed by atoms with Crippen molar-refractivity contribution in [2.24, 2.45) is 0 Å². The van der Waals surface area contributed by atoms with Gasteiger partial charge >= 0.3 is 0 Å². The lowest BCUT2D eigenvalue weighted by atomic mass is 10.1. The molecule has 0 saturated carbocycles. The van der Waals surface area contributed by atoms with Crippen LogP contribution in [0.15, 0.2) is 35.3 Å². The normalized spacial score (nSPS) is 10.4. The van der Waals surface area contributed by atoms with Crippen LogP contribution in [0.3, 0.4) is 0 Å². The molecular weight excluding hydrogens is 268 g/mol. The molecule has 1 N–H and O–H groups in total. The van der Waals surface area contributed by atoms with Gasteiger partial charge in [-0.3, -0.25) is 4.79 Å². The molecule has 0 bridgehead atoms. The summed E-state index contributed by atoms with van der Waals surface area (Å²) in [5, 5.41) is 1.44. The van der Waals surface area contributed by atoms with E-state index in [1.54, 1.807) is 18.2 Å². The molecule has 1 aromatic heterocycles. The van der Waals surface area contributed by atoms with E-state index < -0.39 is 0 Å².